The summed E-state index contributed by atoms with van der Waals surface area (Å²) in [5.41, 5.74) is 0.330. The third-order valence-electron chi connectivity index (χ3n) is 4.25. The predicted molar refractivity (Wildman–Crippen MR) is 66.7 cm³/mol. The molecule has 0 aliphatic heterocycles. The molecule has 3 unspecified atom stereocenters. The SMILES string of the molecule is CCC1(CC)C(NC)CC1OC(C)COC. The van der Waals surface area contributed by atoms with E-state index in [2.05, 4.69) is 33.1 Å². The Morgan fingerprint density at radius 2 is 2.00 bits per heavy atom. The van der Waals surface area contributed by atoms with Crippen LogP contribution in [-0.2, 0) is 9.47 Å². The smallest absolute Gasteiger partial charge is 0.0784 e. The van der Waals surface area contributed by atoms with Crippen molar-refractivity contribution in [3.8, 4) is 0 Å². The van der Waals surface area contributed by atoms with Crippen molar-refractivity contribution >= 4 is 0 Å². The molecule has 0 amide bonds. The molecule has 0 aromatic carbocycles. The Balaban J connectivity index is 2.55. The van der Waals surface area contributed by atoms with E-state index in [1.54, 1.807) is 7.11 Å². The van der Waals surface area contributed by atoms with E-state index in [0.29, 0.717) is 24.2 Å². The van der Waals surface area contributed by atoms with Crippen LogP contribution < -0.4 is 5.32 Å². The van der Waals surface area contributed by atoms with Gasteiger partial charge in [0.25, 0.3) is 0 Å². The van der Waals surface area contributed by atoms with Crippen LogP contribution in [0.4, 0.5) is 0 Å². The van der Waals surface area contributed by atoms with Crippen molar-refractivity contribution in [2.75, 3.05) is 20.8 Å². The van der Waals surface area contributed by atoms with Gasteiger partial charge in [-0.05, 0) is 33.2 Å². The fraction of sp³-hybridized carbons (Fsp3) is 1.00. The predicted octanol–water partition coefficient (Wildman–Crippen LogP) is 2.20. The van der Waals surface area contributed by atoms with Crippen molar-refractivity contribution in [3.05, 3.63) is 0 Å². The number of rotatable bonds is 7. The Hall–Kier alpha value is -0.120. The molecule has 1 N–H and O–H groups in total. The highest BCUT2D eigenvalue weighted by molar-refractivity contribution is 5.06. The van der Waals surface area contributed by atoms with Crippen LogP contribution in [0, 0.1) is 5.41 Å². The summed E-state index contributed by atoms with van der Waals surface area (Å²) in [5, 5.41) is 3.42. The maximum absolute atomic E-state index is 6.09. The molecule has 0 heterocycles. The summed E-state index contributed by atoms with van der Waals surface area (Å²) in [7, 11) is 3.78. The first kappa shape index (κ1) is 13.9. The van der Waals surface area contributed by atoms with Crippen LogP contribution in [0.1, 0.15) is 40.0 Å². The van der Waals surface area contributed by atoms with Crippen LogP contribution in [0.3, 0.4) is 0 Å². The molecule has 1 rings (SSSR count). The van der Waals surface area contributed by atoms with Crippen LogP contribution in [0.15, 0.2) is 0 Å². The highest BCUT2D eigenvalue weighted by Gasteiger charge is 2.53. The van der Waals surface area contributed by atoms with Crippen molar-refractivity contribution in [2.24, 2.45) is 5.41 Å². The van der Waals surface area contributed by atoms with Gasteiger partial charge in [0.1, 0.15) is 0 Å². The topological polar surface area (TPSA) is 30.5 Å². The van der Waals surface area contributed by atoms with Crippen LogP contribution in [0.2, 0.25) is 0 Å². The molecule has 0 radical (unpaired) electrons. The zero-order valence-corrected chi connectivity index (χ0v) is 11.4. The minimum Gasteiger partial charge on any atom is -0.382 e. The van der Waals surface area contributed by atoms with Gasteiger partial charge in [-0.2, -0.15) is 0 Å². The average molecular weight is 229 g/mol. The molecule has 1 fully saturated rings. The monoisotopic (exact) mass is 229 g/mol. The van der Waals surface area contributed by atoms with Gasteiger partial charge in [-0.15, -0.1) is 0 Å². The molecular formula is C13H27NO2. The van der Waals surface area contributed by atoms with Gasteiger partial charge in [-0.3, -0.25) is 0 Å². The van der Waals surface area contributed by atoms with Gasteiger partial charge in [-0.1, -0.05) is 13.8 Å². The Morgan fingerprint density at radius 1 is 1.38 bits per heavy atom. The van der Waals surface area contributed by atoms with Gasteiger partial charge >= 0.3 is 0 Å². The fourth-order valence-electron chi connectivity index (χ4n) is 3.10. The first-order valence-corrected chi connectivity index (χ1v) is 6.46. The molecule has 0 spiro atoms. The molecule has 0 saturated heterocycles. The molecule has 96 valence electrons. The number of methoxy groups -OCH3 is 1. The van der Waals surface area contributed by atoms with E-state index in [1.807, 2.05) is 0 Å². The highest BCUT2D eigenvalue weighted by atomic mass is 16.5. The standard InChI is InChI=1S/C13H27NO2/c1-6-13(7-2)11(14-4)8-12(13)16-10(3)9-15-5/h10-12,14H,6-9H2,1-5H3. The second kappa shape index (κ2) is 5.99. The van der Waals surface area contributed by atoms with Gasteiger partial charge < -0.3 is 14.8 Å². The van der Waals surface area contributed by atoms with E-state index in [1.165, 1.54) is 12.8 Å². The van der Waals surface area contributed by atoms with E-state index in [9.17, 15) is 0 Å². The second-order valence-electron chi connectivity index (χ2n) is 4.91. The summed E-state index contributed by atoms with van der Waals surface area (Å²) in [6, 6.07) is 0.613. The normalized spacial score (nSPS) is 29.8. The van der Waals surface area contributed by atoms with Crippen LogP contribution >= 0.6 is 0 Å². The lowest BCUT2D eigenvalue weighted by molar-refractivity contribution is -0.170. The van der Waals surface area contributed by atoms with E-state index < -0.39 is 0 Å². The third kappa shape index (κ3) is 2.41. The Bertz CT molecular complexity index is 204. The van der Waals surface area contributed by atoms with E-state index in [0.717, 1.165) is 6.42 Å². The highest BCUT2D eigenvalue weighted by Crippen LogP contribution is 2.49. The summed E-state index contributed by atoms with van der Waals surface area (Å²) < 4.78 is 11.2. The third-order valence-corrected chi connectivity index (χ3v) is 4.25. The second-order valence-corrected chi connectivity index (χ2v) is 4.91. The van der Waals surface area contributed by atoms with Crippen LogP contribution in [-0.4, -0.2) is 39.0 Å². The molecule has 0 aromatic rings. The number of ether oxygens (including phenoxy) is 2. The zero-order valence-electron chi connectivity index (χ0n) is 11.4. The van der Waals surface area contributed by atoms with Crippen molar-refractivity contribution in [1.82, 2.24) is 5.32 Å². The Labute approximate surface area is 99.9 Å². The minimum atomic E-state index is 0.199. The van der Waals surface area contributed by atoms with Crippen LogP contribution in [0.25, 0.3) is 0 Å². The zero-order chi connectivity index (χ0) is 12.2. The van der Waals surface area contributed by atoms with E-state index in [-0.39, 0.29) is 6.10 Å². The molecule has 0 aromatic heterocycles. The molecule has 1 aliphatic carbocycles. The molecule has 3 heteroatoms. The minimum absolute atomic E-state index is 0.199. The molecule has 3 nitrogen and oxygen atoms in total. The van der Waals surface area contributed by atoms with Crippen molar-refractivity contribution < 1.29 is 9.47 Å². The molecule has 1 aliphatic rings. The summed E-state index contributed by atoms with van der Waals surface area (Å²) in [5.74, 6) is 0. The van der Waals surface area contributed by atoms with Crippen LogP contribution in [0.5, 0.6) is 0 Å². The maximum Gasteiger partial charge on any atom is 0.0784 e. The number of nitrogens with one attached hydrogen (secondary N) is 1. The van der Waals surface area contributed by atoms with Gasteiger partial charge in [0.05, 0.1) is 18.8 Å². The summed E-state index contributed by atoms with van der Waals surface area (Å²) in [4.78, 5) is 0. The molecule has 16 heavy (non-hydrogen) atoms. The first-order valence-electron chi connectivity index (χ1n) is 6.46. The lowest BCUT2D eigenvalue weighted by atomic mass is 9.58. The lowest BCUT2D eigenvalue weighted by Gasteiger charge is -2.56. The van der Waals surface area contributed by atoms with Crippen molar-refractivity contribution in [2.45, 2.75) is 58.3 Å². The van der Waals surface area contributed by atoms with Gasteiger partial charge in [0, 0.05) is 18.6 Å². The molecule has 3 atom stereocenters. The lowest BCUT2D eigenvalue weighted by Crippen LogP contribution is -2.63. The Morgan fingerprint density at radius 3 is 2.44 bits per heavy atom. The van der Waals surface area contributed by atoms with Crippen molar-refractivity contribution in [3.63, 3.8) is 0 Å². The Kier molecular flexibility index (Phi) is 5.22. The van der Waals surface area contributed by atoms with E-state index >= 15 is 0 Å². The molecule has 1 saturated carbocycles. The van der Waals surface area contributed by atoms with Gasteiger partial charge in [0.15, 0.2) is 0 Å². The quantitative estimate of drug-likeness (QED) is 0.726. The largest absolute Gasteiger partial charge is 0.382 e. The van der Waals surface area contributed by atoms with Gasteiger partial charge in [-0.25, -0.2) is 0 Å². The first-order chi connectivity index (χ1) is 7.64. The average Bonchev–Trinajstić information content (AvgIpc) is 2.26. The maximum atomic E-state index is 6.09. The number of hydrogen-bond acceptors (Lipinski definition) is 3. The summed E-state index contributed by atoms with van der Waals surface area (Å²) in [6.45, 7) is 7.31. The van der Waals surface area contributed by atoms with Crippen molar-refractivity contribution in [1.29, 1.82) is 0 Å². The fourth-order valence-corrected chi connectivity index (χ4v) is 3.10. The van der Waals surface area contributed by atoms with Gasteiger partial charge in [0.2, 0.25) is 0 Å². The summed E-state index contributed by atoms with van der Waals surface area (Å²) in [6.07, 6.45) is 4.08. The van der Waals surface area contributed by atoms with E-state index in [4.69, 9.17) is 9.47 Å². The number of hydrogen-bond donors (Lipinski definition) is 1. The molecular weight excluding hydrogens is 202 g/mol. The molecule has 0 bridgehead atoms. The summed E-state index contributed by atoms with van der Waals surface area (Å²) >= 11 is 0.